The van der Waals surface area contributed by atoms with Crippen LogP contribution in [0.3, 0.4) is 0 Å². The maximum atomic E-state index is 13.8. The summed E-state index contributed by atoms with van der Waals surface area (Å²) in [7, 11) is 3.32. The number of nitrogens with one attached hydrogen (secondary N) is 2. The van der Waals surface area contributed by atoms with Gasteiger partial charge in [0.25, 0.3) is 6.47 Å². The molecule has 3 aromatic carbocycles. The Morgan fingerprint density at radius 2 is 1.67 bits per heavy atom. The fourth-order valence-electron chi connectivity index (χ4n) is 4.29. The van der Waals surface area contributed by atoms with Crippen LogP contribution in [-0.2, 0) is 20.7 Å². The topological polar surface area (TPSA) is 114 Å². The second kappa shape index (κ2) is 20.1. The van der Waals surface area contributed by atoms with E-state index in [2.05, 4.69) is 23.3 Å². The van der Waals surface area contributed by atoms with Crippen LogP contribution in [0.15, 0.2) is 60.7 Å². The molecule has 3 atom stereocenters. The highest BCUT2D eigenvalue weighted by Crippen LogP contribution is 2.29. The van der Waals surface area contributed by atoms with Crippen molar-refractivity contribution < 1.29 is 37.0 Å². The third-order valence-electron chi connectivity index (χ3n) is 6.32. The summed E-state index contributed by atoms with van der Waals surface area (Å²) in [5.41, 5.74) is 6.95. The molecule has 4 rings (SSSR count). The van der Waals surface area contributed by atoms with E-state index in [1.165, 1.54) is 43.4 Å². The van der Waals surface area contributed by atoms with Crippen molar-refractivity contribution in [1.82, 2.24) is 5.32 Å². The van der Waals surface area contributed by atoms with E-state index < -0.39 is 23.4 Å². The first-order chi connectivity index (χ1) is 20.2. The molecule has 1 heterocycles. The van der Waals surface area contributed by atoms with Crippen molar-refractivity contribution in [2.75, 3.05) is 32.6 Å². The smallest absolute Gasteiger partial charge is 0.290 e. The Balaban J connectivity index is 0.000000365. The van der Waals surface area contributed by atoms with Crippen molar-refractivity contribution in [1.29, 1.82) is 0 Å². The van der Waals surface area contributed by atoms with Crippen LogP contribution in [0.25, 0.3) is 0 Å². The van der Waals surface area contributed by atoms with E-state index in [1.807, 2.05) is 13.1 Å². The average molecular weight is 594 g/mol. The number of morpholine rings is 1. The Kier molecular flexibility index (Phi) is 17.4. The van der Waals surface area contributed by atoms with E-state index in [0.29, 0.717) is 24.3 Å². The highest BCUT2D eigenvalue weighted by molar-refractivity contribution is 5.54. The number of anilines is 1. The zero-order valence-electron chi connectivity index (χ0n) is 24.0. The Hall–Kier alpha value is -3.80. The lowest BCUT2D eigenvalue weighted by atomic mass is 9.88. The molecule has 42 heavy (non-hydrogen) atoms. The number of aldehydes is 1. The van der Waals surface area contributed by atoms with Gasteiger partial charge < -0.3 is 31.0 Å². The molecule has 1 aliphatic heterocycles. The summed E-state index contributed by atoms with van der Waals surface area (Å²) in [4.78, 5) is 19.1. The number of hydrogen-bond acceptors (Lipinski definition) is 6. The maximum absolute atomic E-state index is 13.8. The molecule has 0 aliphatic carbocycles. The highest BCUT2D eigenvalue weighted by Gasteiger charge is 2.20. The maximum Gasteiger partial charge on any atom is 0.290 e. The molecular formula is C31H39F4N3O4. The Labute approximate surface area is 244 Å². The lowest BCUT2D eigenvalue weighted by molar-refractivity contribution is -0.122. The second-order valence-corrected chi connectivity index (χ2v) is 9.10. The summed E-state index contributed by atoms with van der Waals surface area (Å²) in [5, 5.41) is 13.3. The first kappa shape index (κ1) is 36.2. The van der Waals surface area contributed by atoms with Crippen molar-refractivity contribution >= 4 is 18.4 Å². The molecule has 0 unspecified atom stereocenters. The zero-order chi connectivity index (χ0) is 31.5. The molecule has 1 aliphatic rings. The van der Waals surface area contributed by atoms with Crippen LogP contribution in [0.5, 0.6) is 0 Å². The van der Waals surface area contributed by atoms with Crippen LogP contribution >= 0.6 is 0 Å². The summed E-state index contributed by atoms with van der Waals surface area (Å²) < 4.78 is 59.0. The number of halogens is 4. The number of carboxylic acid groups (broad SMARTS) is 1. The van der Waals surface area contributed by atoms with Crippen molar-refractivity contribution in [3.8, 4) is 0 Å². The molecule has 7 nitrogen and oxygen atoms in total. The first-order valence-corrected chi connectivity index (χ1v) is 13.3. The summed E-state index contributed by atoms with van der Waals surface area (Å²) in [6.07, 6.45) is 2.44. The molecule has 0 amide bonds. The van der Waals surface area contributed by atoms with Crippen LogP contribution in [0, 0.1) is 23.3 Å². The number of benzene rings is 3. The van der Waals surface area contributed by atoms with Gasteiger partial charge in [-0.1, -0.05) is 24.3 Å². The lowest BCUT2D eigenvalue weighted by Gasteiger charge is -2.28. The van der Waals surface area contributed by atoms with Gasteiger partial charge in [-0.3, -0.25) is 4.79 Å². The van der Waals surface area contributed by atoms with Crippen molar-refractivity contribution in [3.63, 3.8) is 0 Å². The molecule has 0 aromatic heterocycles. The van der Waals surface area contributed by atoms with E-state index in [0.717, 1.165) is 43.0 Å². The lowest BCUT2D eigenvalue weighted by Crippen LogP contribution is -2.44. The average Bonchev–Trinajstić information content (AvgIpc) is 2.99. The number of ether oxygens (including phenoxy) is 1. The summed E-state index contributed by atoms with van der Waals surface area (Å²) >= 11 is 0. The molecule has 5 N–H and O–H groups in total. The fourth-order valence-corrected chi connectivity index (χ4v) is 4.29. The monoisotopic (exact) mass is 593 g/mol. The second-order valence-electron chi connectivity index (χ2n) is 9.10. The van der Waals surface area contributed by atoms with E-state index in [1.54, 1.807) is 6.07 Å². The minimum Gasteiger partial charge on any atom is -0.483 e. The van der Waals surface area contributed by atoms with Gasteiger partial charge in [0, 0.05) is 49.3 Å². The van der Waals surface area contributed by atoms with Gasteiger partial charge in [0.1, 0.15) is 29.6 Å². The van der Waals surface area contributed by atoms with Crippen molar-refractivity contribution in [3.05, 3.63) is 101 Å². The van der Waals surface area contributed by atoms with E-state index in [-0.39, 0.29) is 30.4 Å². The minimum absolute atomic E-state index is 0.0498. The molecule has 11 heteroatoms. The number of rotatable bonds is 8. The van der Waals surface area contributed by atoms with Gasteiger partial charge in [-0.25, -0.2) is 17.6 Å². The zero-order valence-corrected chi connectivity index (χ0v) is 24.0. The summed E-state index contributed by atoms with van der Waals surface area (Å²) in [5.74, 6) is -2.48. The summed E-state index contributed by atoms with van der Waals surface area (Å²) in [6, 6.07) is 14.3. The normalized spacial score (nSPS) is 16.2. The standard InChI is InChI=1S/C15H11F3O.C14H21FN2O.CH5N.CH2O2/c16-11-3-1-10(2-4-11)13(7-8-19)14-6-5-12(17)9-15(14)18;1-10-9-18-11(8-17-10)6-7-12-13(15)4-3-5-14(12)16-2;1-2;2-1-3/h1-6,8-9,13H,7H2;3-5,10-11,16-17H,6-9H2,1-2H3;2H2,1H3;1H,(H,2,3)/t13-;10-,11-;;/m01../s1. The summed E-state index contributed by atoms with van der Waals surface area (Å²) in [6.45, 7) is 3.44. The van der Waals surface area contributed by atoms with Crippen molar-refractivity contribution in [2.45, 2.75) is 44.2 Å². The molecule has 0 spiro atoms. The molecule has 1 saturated heterocycles. The van der Waals surface area contributed by atoms with E-state index >= 15 is 0 Å². The minimum atomic E-state index is -0.712. The van der Waals surface area contributed by atoms with Crippen molar-refractivity contribution in [2.24, 2.45) is 5.73 Å². The Morgan fingerprint density at radius 3 is 2.21 bits per heavy atom. The predicted molar refractivity (Wildman–Crippen MR) is 156 cm³/mol. The predicted octanol–water partition coefficient (Wildman–Crippen LogP) is 5.28. The van der Waals surface area contributed by atoms with Crippen LogP contribution in [0.2, 0.25) is 0 Å². The molecule has 230 valence electrons. The molecular weight excluding hydrogens is 554 g/mol. The molecule has 3 aromatic rings. The van der Waals surface area contributed by atoms with Gasteiger partial charge in [0.05, 0.1) is 12.7 Å². The van der Waals surface area contributed by atoms with E-state index in [4.69, 9.17) is 14.6 Å². The van der Waals surface area contributed by atoms with E-state index in [9.17, 15) is 22.4 Å². The van der Waals surface area contributed by atoms with Crippen LogP contribution < -0.4 is 16.4 Å². The molecule has 0 saturated carbocycles. The number of hydrogen-bond donors (Lipinski definition) is 4. The van der Waals surface area contributed by atoms with Gasteiger partial charge in [-0.05, 0) is 68.3 Å². The highest BCUT2D eigenvalue weighted by atomic mass is 19.1. The Bertz CT molecular complexity index is 1210. The fraction of sp³-hybridized carbons (Fsp3) is 0.355. The SMILES string of the molecule is CN.CNc1cccc(F)c1CC[C@@H]1CN[C@H](C)CO1.O=CC[C@@H](c1ccc(F)cc1)c1ccc(F)cc1F.O=CO. The van der Waals surface area contributed by atoms with Gasteiger partial charge in [0.15, 0.2) is 0 Å². The third kappa shape index (κ3) is 12.0. The number of nitrogens with two attached hydrogens (primary N) is 1. The molecule has 0 radical (unpaired) electrons. The first-order valence-electron chi connectivity index (χ1n) is 13.3. The molecule has 0 bridgehead atoms. The number of carbonyl (C=O) groups excluding carboxylic acids is 1. The third-order valence-corrected chi connectivity index (χ3v) is 6.32. The van der Waals surface area contributed by atoms with Gasteiger partial charge >= 0.3 is 0 Å². The van der Waals surface area contributed by atoms with Gasteiger partial charge in [0.2, 0.25) is 0 Å². The van der Waals surface area contributed by atoms with Crippen LogP contribution in [0.1, 0.15) is 42.4 Å². The van der Waals surface area contributed by atoms with Crippen LogP contribution in [-0.4, -0.2) is 57.3 Å². The van der Waals surface area contributed by atoms with Crippen LogP contribution in [0.4, 0.5) is 23.2 Å². The Morgan fingerprint density at radius 1 is 1.02 bits per heavy atom. The number of carbonyl (C=O) groups is 2. The van der Waals surface area contributed by atoms with Gasteiger partial charge in [-0.15, -0.1) is 0 Å². The van der Waals surface area contributed by atoms with Gasteiger partial charge in [-0.2, -0.15) is 0 Å². The molecule has 1 fully saturated rings. The quantitative estimate of drug-likeness (QED) is 0.208. The largest absolute Gasteiger partial charge is 0.483 e.